The van der Waals surface area contributed by atoms with Gasteiger partial charge in [0.2, 0.25) is 0 Å². The van der Waals surface area contributed by atoms with Gasteiger partial charge >= 0.3 is 0 Å². The van der Waals surface area contributed by atoms with E-state index in [2.05, 4.69) is 27.7 Å². The summed E-state index contributed by atoms with van der Waals surface area (Å²) in [6.45, 7) is 12.0. The molecule has 0 unspecified atom stereocenters. The minimum absolute atomic E-state index is 0. The normalized spacial score (nSPS) is 9.33. The molecule has 0 fully saturated rings. The Kier molecular flexibility index (Phi) is 16.0. The molecule has 0 aliphatic rings. The molecule has 0 spiro atoms. The molecule has 0 saturated carbocycles. The first-order valence-corrected chi connectivity index (χ1v) is 2.83. The van der Waals surface area contributed by atoms with Crippen molar-refractivity contribution in [3.8, 4) is 0 Å². The van der Waals surface area contributed by atoms with E-state index in [-0.39, 0.29) is 70.8 Å². The topological polar surface area (TPSA) is 0 Å². The minimum Gasteiger partial charge on any atom is -0.367 e. The second-order valence-electron chi connectivity index (χ2n) is 2.21. The van der Waals surface area contributed by atoms with Crippen molar-refractivity contribution < 1.29 is 65.4 Å². The Morgan fingerprint density at radius 3 is 1.22 bits per heavy atom. The molecule has 0 saturated heterocycles. The maximum absolute atomic E-state index is 3.90. The van der Waals surface area contributed by atoms with Crippen LogP contribution < -0.4 is 0 Å². The van der Waals surface area contributed by atoms with E-state index in [0.717, 1.165) is 12.8 Å². The first-order valence-electron chi connectivity index (χ1n) is 2.83. The molecule has 0 N–H and O–H groups in total. The third-order valence-corrected chi connectivity index (χ3v) is 1.50. The van der Waals surface area contributed by atoms with Crippen LogP contribution in [0.2, 0.25) is 0 Å². The van der Waals surface area contributed by atoms with Crippen LogP contribution in [0.15, 0.2) is 0 Å². The summed E-state index contributed by atoms with van der Waals surface area (Å²) in [7, 11) is 0. The van der Waals surface area contributed by atoms with Crippen molar-refractivity contribution in [1.29, 1.82) is 0 Å². The van der Waals surface area contributed by atoms with E-state index >= 15 is 0 Å². The van der Waals surface area contributed by atoms with E-state index in [1.54, 1.807) is 0 Å². The molecular formula is C7H14Y2-2. The number of rotatable bonds is 2. The van der Waals surface area contributed by atoms with Gasteiger partial charge in [0.05, 0.1) is 0 Å². The largest absolute Gasteiger partial charge is 0.367 e. The second kappa shape index (κ2) is 8.31. The molecule has 0 atom stereocenters. The average molecular weight is 276 g/mol. The van der Waals surface area contributed by atoms with Crippen LogP contribution in [0.5, 0.6) is 0 Å². The average Bonchev–Trinajstić information content (AvgIpc) is 1.68. The minimum atomic E-state index is 0. The van der Waals surface area contributed by atoms with E-state index in [1.807, 2.05) is 0 Å². The van der Waals surface area contributed by atoms with Crippen LogP contribution in [-0.2, 0) is 65.4 Å². The van der Waals surface area contributed by atoms with Crippen molar-refractivity contribution in [1.82, 2.24) is 0 Å². The Morgan fingerprint density at radius 2 is 1.22 bits per heavy atom. The first-order chi connectivity index (χ1) is 3.12. The van der Waals surface area contributed by atoms with Gasteiger partial charge in [0.1, 0.15) is 0 Å². The van der Waals surface area contributed by atoms with Crippen molar-refractivity contribution in [2.24, 2.45) is 5.41 Å². The van der Waals surface area contributed by atoms with Gasteiger partial charge < -0.3 is 13.8 Å². The number of hydrogen-bond donors (Lipinski definition) is 0. The Morgan fingerprint density at radius 1 is 1.00 bits per heavy atom. The van der Waals surface area contributed by atoms with Crippen molar-refractivity contribution in [2.75, 3.05) is 0 Å². The third kappa shape index (κ3) is 10.2. The fourth-order valence-electron chi connectivity index (χ4n) is 0.250. The van der Waals surface area contributed by atoms with Crippen molar-refractivity contribution in [2.45, 2.75) is 26.7 Å². The molecular weight excluding hydrogens is 262 g/mol. The van der Waals surface area contributed by atoms with E-state index < -0.39 is 0 Å². The first kappa shape index (κ1) is 17.3. The van der Waals surface area contributed by atoms with Gasteiger partial charge in [-0.25, -0.2) is 0 Å². The zero-order chi connectivity index (χ0) is 5.91. The molecule has 0 heterocycles. The molecule has 0 amide bonds. The van der Waals surface area contributed by atoms with E-state index in [4.69, 9.17) is 0 Å². The monoisotopic (exact) mass is 276 g/mol. The van der Waals surface area contributed by atoms with Crippen LogP contribution in [0.25, 0.3) is 0 Å². The molecule has 0 aromatic heterocycles. The fourth-order valence-corrected chi connectivity index (χ4v) is 0.250. The number of hydrogen-bond acceptors (Lipinski definition) is 0. The van der Waals surface area contributed by atoms with E-state index in [1.165, 1.54) is 0 Å². The van der Waals surface area contributed by atoms with Gasteiger partial charge in [-0.05, 0) is 0 Å². The summed E-state index contributed by atoms with van der Waals surface area (Å²) in [5.41, 5.74) is 0.0833. The maximum Gasteiger partial charge on any atom is 0 e. The van der Waals surface area contributed by atoms with Crippen molar-refractivity contribution in [3.63, 3.8) is 0 Å². The molecule has 0 aromatic rings. The van der Waals surface area contributed by atoms with E-state index in [9.17, 15) is 0 Å². The van der Waals surface area contributed by atoms with Gasteiger partial charge in [-0.2, -0.15) is 0 Å². The van der Waals surface area contributed by atoms with Crippen molar-refractivity contribution >= 4 is 0 Å². The molecule has 0 aromatic carbocycles. The van der Waals surface area contributed by atoms with Gasteiger partial charge in [0.15, 0.2) is 0 Å². The summed E-state index contributed by atoms with van der Waals surface area (Å²) in [6.07, 6.45) is 2.15. The molecule has 0 aliphatic heterocycles. The summed E-state index contributed by atoms with van der Waals surface area (Å²) in [5.74, 6) is 0. The summed E-state index contributed by atoms with van der Waals surface area (Å²) >= 11 is 0. The molecule has 9 heavy (non-hydrogen) atoms. The van der Waals surface area contributed by atoms with Crippen molar-refractivity contribution in [3.05, 3.63) is 13.8 Å². The summed E-state index contributed by atoms with van der Waals surface area (Å²) in [4.78, 5) is 0. The Bertz CT molecular complexity index is 44.9. The van der Waals surface area contributed by atoms with Crippen LogP contribution in [0.3, 0.4) is 0 Å². The maximum atomic E-state index is 3.90. The summed E-state index contributed by atoms with van der Waals surface area (Å²) in [5, 5.41) is 0. The zero-order valence-corrected chi connectivity index (χ0v) is 12.2. The SMILES string of the molecule is [CH2-]C([CH2-])(CC)CC.[Y].[Y]. The standard InChI is InChI=1S/C7H14.2Y/c1-5-7(3,4)6-2;;/h3-6H2,1-2H3;;/q-2;;. The van der Waals surface area contributed by atoms with Gasteiger partial charge in [0.25, 0.3) is 0 Å². The van der Waals surface area contributed by atoms with Gasteiger partial charge in [-0.15, -0.1) is 12.8 Å². The molecule has 0 bridgehead atoms. The molecule has 2 radical (unpaired) electrons. The quantitative estimate of drug-likeness (QED) is 0.680. The third-order valence-electron chi connectivity index (χ3n) is 1.50. The van der Waals surface area contributed by atoms with Crippen LogP contribution in [0.1, 0.15) is 26.7 Å². The van der Waals surface area contributed by atoms with Crippen LogP contribution >= 0.6 is 0 Å². The van der Waals surface area contributed by atoms with Gasteiger partial charge in [-0.3, -0.25) is 5.41 Å². The predicted octanol–water partition coefficient (Wildman–Crippen LogP) is 2.46. The fraction of sp³-hybridized carbons (Fsp3) is 0.714. The molecule has 0 nitrogen and oxygen atoms in total. The van der Waals surface area contributed by atoms with Crippen LogP contribution in [-0.4, -0.2) is 0 Å². The molecule has 50 valence electrons. The van der Waals surface area contributed by atoms with Crippen LogP contribution in [0, 0.1) is 19.3 Å². The second-order valence-corrected chi connectivity index (χ2v) is 2.21. The summed E-state index contributed by atoms with van der Waals surface area (Å²) < 4.78 is 0. The smallest absolute Gasteiger partial charge is 0 e. The van der Waals surface area contributed by atoms with Gasteiger partial charge in [0, 0.05) is 65.4 Å². The Balaban J connectivity index is -0.000000180. The Hall–Kier alpha value is 2.21. The zero-order valence-electron chi connectivity index (χ0n) is 6.48. The Labute approximate surface area is 110 Å². The molecule has 0 rings (SSSR count). The van der Waals surface area contributed by atoms with Crippen LogP contribution in [0.4, 0.5) is 0 Å². The molecule has 0 aliphatic carbocycles. The van der Waals surface area contributed by atoms with E-state index in [0.29, 0.717) is 0 Å². The van der Waals surface area contributed by atoms with Gasteiger partial charge in [-0.1, -0.05) is 13.8 Å². The predicted molar refractivity (Wildman–Crippen MR) is 33.7 cm³/mol. The molecule has 2 heteroatoms. The summed E-state index contributed by atoms with van der Waals surface area (Å²) in [6, 6.07) is 0.